The van der Waals surface area contributed by atoms with E-state index in [9.17, 15) is 22.0 Å². The zero-order chi connectivity index (χ0) is 21.0. The highest BCUT2D eigenvalue weighted by Gasteiger charge is 2.24. The predicted octanol–water partition coefficient (Wildman–Crippen LogP) is 3.20. The molecule has 1 N–H and O–H groups in total. The number of nitrogens with one attached hydrogen (secondary N) is 1. The van der Waals surface area contributed by atoms with E-state index in [0.717, 1.165) is 6.07 Å². The summed E-state index contributed by atoms with van der Waals surface area (Å²) in [5.41, 5.74) is 0.000181. The number of anilines is 1. The fourth-order valence-electron chi connectivity index (χ4n) is 2.26. The van der Waals surface area contributed by atoms with Crippen molar-refractivity contribution in [3.8, 4) is 5.75 Å². The molecule has 0 spiro atoms. The van der Waals surface area contributed by atoms with Gasteiger partial charge in [-0.1, -0.05) is 41.7 Å². The van der Waals surface area contributed by atoms with Crippen LogP contribution in [0.1, 0.15) is 12.5 Å². The van der Waals surface area contributed by atoms with Crippen LogP contribution in [0, 0.1) is 11.6 Å². The monoisotopic (exact) mass is 439 g/mol. The van der Waals surface area contributed by atoms with Gasteiger partial charge in [0.1, 0.15) is 5.82 Å². The van der Waals surface area contributed by atoms with Crippen LogP contribution in [0.4, 0.5) is 13.9 Å². The number of nitrogens with zero attached hydrogens (tertiary/aromatic N) is 2. The number of hydrogen-bond donors (Lipinski definition) is 1. The summed E-state index contributed by atoms with van der Waals surface area (Å²) in [5, 5.41) is 9.49. The normalized spacial score (nSPS) is 12.4. The van der Waals surface area contributed by atoms with Crippen molar-refractivity contribution in [3.05, 3.63) is 65.7 Å². The summed E-state index contributed by atoms with van der Waals surface area (Å²) < 4.78 is 57.1. The molecule has 0 fully saturated rings. The van der Waals surface area contributed by atoms with Gasteiger partial charge in [-0.25, -0.2) is 17.2 Å². The van der Waals surface area contributed by atoms with Crippen LogP contribution in [0.3, 0.4) is 0 Å². The van der Waals surface area contributed by atoms with Gasteiger partial charge in [-0.2, -0.15) is 0 Å². The summed E-state index contributed by atoms with van der Waals surface area (Å²) in [6.07, 6.45) is -1.07. The van der Waals surface area contributed by atoms with Crippen molar-refractivity contribution in [2.45, 2.75) is 23.1 Å². The van der Waals surface area contributed by atoms with E-state index in [1.54, 1.807) is 6.07 Å². The first-order chi connectivity index (χ1) is 13.8. The van der Waals surface area contributed by atoms with Crippen molar-refractivity contribution in [1.29, 1.82) is 0 Å². The van der Waals surface area contributed by atoms with E-state index < -0.39 is 39.2 Å². The fourth-order valence-corrected chi connectivity index (χ4v) is 4.59. The van der Waals surface area contributed by atoms with E-state index in [2.05, 4.69) is 15.5 Å². The van der Waals surface area contributed by atoms with E-state index in [0.29, 0.717) is 11.3 Å². The SMILES string of the molecule is CC(Oc1ccccc1F)C(=O)Nc1nnc(S(=O)(=O)Cc2ccccc2F)s1. The number of carbonyl (C=O) groups is 1. The van der Waals surface area contributed by atoms with Gasteiger partial charge in [-0.05, 0) is 25.1 Å². The quantitative estimate of drug-likeness (QED) is 0.568. The summed E-state index contributed by atoms with van der Waals surface area (Å²) in [6.45, 7) is 1.40. The zero-order valence-electron chi connectivity index (χ0n) is 15.0. The second-order valence-electron chi connectivity index (χ2n) is 5.90. The maximum atomic E-state index is 13.7. The molecule has 0 aliphatic heterocycles. The number of aromatic nitrogens is 2. The topological polar surface area (TPSA) is 98.2 Å². The third-order valence-electron chi connectivity index (χ3n) is 3.72. The van der Waals surface area contributed by atoms with Gasteiger partial charge in [0.25, 0.3) is 5.91 Å². The molecule has 7 nitrogen and oxygen atoms in total. The minimum Gasteiger partial charge on any atom is -0.478 e. The summed E-state index contributed by atoms with van der Waals surface area (Å²) >= 11 is 0.626. The van der Waals surface area contributed by atoms with E-state index in [4.69, 9.17) is 4.74 Å². The molecule has 0 radical (unpaired) electrons. The molecule has 11 heteroatoms. The first-order valence-electron chi connectivity index (χ1n) is 8.28. The van der Waals surface area contributed by atoms with Crippen molar-refractivity contribution in [1.82, 2.24) is 10.2 Å². The van der Waals surface area contributed by atoms with Crippen molar-refractivity contribution < 1.29 is 26.7 Å². The molecule has 29 heavy (non-hydrogen) atoms. The number of rotatable bonds is 7. The number of halogens is 2. The van der Waals surface area contributed by atoms with Gasteiger partial charge in [0.2, 0.25) is 19.3 Å². The van der Waals surface area contributed by atoms with Crippen molar-refractivity contribution in [2.24, 2.45) is 0 Å². The molecule has 0 saturated carbocycles. The number of carbonyl (C=O) groups excluding carboxylic acids is 1. The maximum Gasteiger partial charge on any atom is 0.266 e. The second-order valence-corrected chi connectivity index (χ2v) is 9.04. The molecule has 1 amide bonds. The Balaban J connectivity index is 1.67. The average molecular weight is 439 g/mol. The Morgan fingerprint density at radius 3 is 2.45 bits per heavy atom. The maximum absolute atomic E-state index is 13.7. The van der Waals surface area contributed by atoms with Crippen LogP contribution in [-0.4, -0.2) is 30.6 Å². The molecule has 152 valence electrons. The van der Waals surface area contributed by atoms with E-state index in [-0.39, 0.29) is 20.8 Å². The molecule has 1 unspecified atom stereocenters. The van der Waals surface area contributed by atoms with E-state index >= 15 is 0 Å². The van der Waals surface area contributed by atoms with Crippen LogP contribution >= 0.6 is 11.3 Å². The molecule has 1 atom stereocenters. The van der Waals surface area contributed by atoms with Crippen molar-refractivity contribution in [3.63, 3.8) is 0 Å². The molecular formula is C18H15F2N3O4S2. The molecular weight excluding hydrogens is 424 g/mol. The third-order valence-corrected chi connectivity index (χ3v) is 6.67. The second kappa shape index (κ2) is 8.62. The lowest BCUT2D eigenvalue weighted by Gasteiger charge is -2.13. The Morgan fingerprint density at radius 2 is 1.76 bits per heavy atom. The summed E-state index contributed by atoms with van der Waals surface area (Å²) in [5.74, 6) is -2.62. The van der Waals surface area contributed by atoms with Crippen LogP contribution in [0.25, 0.3) is 0 Å². The van der Waals surface area contributed by atoms with E-state index in [1.165, 1.54) is 43.3 Å². The first kappa shape index (κ1) is 20.8. The smallest absolute Gasteiger partial charge is 0.266 e. The Hall–Kier alpha value is -2.92. The Morgan fingerprint density at radius 1 is 1.10 bits per heavy atom. The molecule has 0 aliphatic rings. The lowest BCUT2D eigenvalue weighted by atomic mass is 10.2. The molecule has 1 aromatic heterocycles. The summed E-state index contributed by atoms with van der Waals surface area (Å²) in [4.78, 5) is 12.2. The van der Waals surface area contributed by atoms with Crippen LogP contribution in [0.2, 0.25) is 0 Å². The molecule has 3 rings (SSSR count). The minimum absolute atomic E-state index is 0.000181. The summed E-state index contributed by atoms with van der Waals surface area (Å²) in [6, 6.07) is 11.1. The fraction of sp³-hybridized carbons (Fsp3) is 0.167. The lowest BCUT2D eigenvalue weighted by Crippen LogP contribution is -2.30. The highest BCUT2D eigenvalue weighted by molar-refractivity contribution is 7.92. The number of amides is 1. The average Bonchev–Trinajstić information content (AvgIpc) is 3.15. The summed E-state index contributed by atoms with van der Waals surface area (Å²) in [7, 11) is -3.95. The number of benzene rings is 2. The minimum atomic E-state index is -3.95. The van der Waals surface area contributed by atoms with Crippen LogP contribution in [-0.2, 0) is 20.4 Å². The first-order valence-corrected chi connectivity index (χ1v) is 10.7. The molecule has 3 aromatic rings. The van der Waals surface area contributed by atoms with Gasteiger partial charge in [-0.15, -0.1) is 10.2 Å². The van der Waals surface area contributed by atoms with Crippen molar-refractivity contribution >= 4 is 32.2 Å². The Kier molecular flexibility index (Phi) is 6.18. The van der Waals surface area contributed by atoms with Gasteiger partial charge >= 0.3 is 0 Å². The van der Waals surface area contributed by atoms with Gasteiger partial charge in [0.05, 0.1) is 5.75 Å². The third kappa shape index (κ3) is 5.12. The van der Waals surface area contributed by atoms with Gasteiger partial charge in [0.15, 0.2) is 17.7 Å². The molecule has 0 bridgehead atoms. The standard InChI is InChI=1S/C18H15F2N3O4S2/c1-11(27-15-9-5-4-8-14(15)20)16(24)21-17-22-23-18(28-17)29(25,26)10-12-6-2-3-7-13(12)19/h2-9,11H,10H2,1H3,(H,21,22,24). The van der Waals surface area contributed by atoms with Crippen LogP contribution < -0.4 is 10.1 Å². The predicted molar refractivity (Wildman–Crippen MR) is 102 cm³/mol. The van der Waals surface area contributed by atoms with Crippen LogP contribution in [0.5, 0.6) is 5.75 Å². The van der Waals surface area contributed by atoms with E-state index in [1.807, 2.05) is 0 Å². The molecule has 0 saturated heterocycles. The number of hydrogen-bond acceptors (Lipinski definition) is 7. The largest absolute Gasteiger partial charge is 0.478 e. The Labute approximate surface area is 169 Å². The van der Waals surface area contributed by atoms with Gasteiger partial charge in [-0.3, -0.25) is 10.1 Å². The van der Waals surface area contributed by atoms with Gasteiger partial charge < -0.3 is 4.74 Å². The van der Waals surface area contributed by atoms with Gasteiger partial charge in [0, 0.05) is 5.56 Å². The lowest BCUT2D eigenvalue weighted by molar-refractivity contribution is -0.122. The Bertz CT molecular complexity index is 1140. The highest BCUT2D eigenvalue weighted by atomic mass is 32.2. The molecule has 0 aliphatic carbocycles. The highest BCUT2D eigenvalue weighted by Crippen LogP contribution is 2.25. The number of sulfone groups is 1. The number of para-hydroxylation sites is 1. The van der Waals surface area contributed by atoms with Crippen molar-refractivity contribution in [2.75, 3.05) is 5.32 Å². The number of ether oxygens (including phenoxy) is 1. The molecule has 1 heterocycles. The van der Waals surface area contributed by atoms with Crippen LogP contribution in [0.15, 0.2) is 52.9 Å². The molecule has 2 aromatic carbocycles. The zero-order valence-corrected chi connectivity index (χ0v) is 16.6.